The van der Waals surface area contributed by atoms with Gasteiger partial charge in [-0.1, -0.05) is 46.1 Å². The smallest absolute Gasteiger partial charge is 0.208 e. The Balaban J connectivity index is 2.95. The van der Waals surface area contributed by atoms with Crippen LogP contribution < -0.4 is 4.72 Å². The Kier molecular flexibility index (Phi) is 6.41. The summed E-state index contributed by atoms with van der Waals surface area (Å²) in [5.41, 5.74) is 0. The van der Waals surface area contributed by atoms with Crippen LogP contribution in [0.5, 0.6) is 0 Å². The summed E-state index contributed by atoms with van der Waals surface area (Å²) >= 11 is 14.9. The number of rotatable bonds is 6. The van der Waals surface area contributed by atoms with Gasteiger partial charge in [-0.3, -0.25) is 0 Å². The lowest BCUT2D eigenvalue weighted by Crippen LogP contribution is -2.34. The summed E-state index contributed by atoms with van der Waals surface area (Å²) in [6.45, 7) is 1.94. The Bertz CT molecular complexity index is 508. The maximum absolute atomic E-state index is 12.1. The molecule has 0 spiro atoms. The topological polar surface area (TPSA) is 46.2 Å². The largest absolute Gasteiger partial charge is 0.240 e. The van der Waals surface area contributed by atoms with Crippen molar-refractivity contribution in [3.8, 4) is 0 Å². The molecule has 18 heavy (non-hydrogen) atoms. The zero-order valence-corrected chi connectivity index (χ0v) is 13.7. The number of sulfonamides is 1. The van der Waals surface area contributed by atoms with Crippen LogP contribution in [0.3, 0.4) is 0 Å². The van der Waals surface area contributed by atoms with E-state index in [-0.39, 0.29) is 16.0 Å². The van der Waals surface area contributed by atoms with E-state index in [9.17, 15) is 8.42 Å². The summed E-state index contributed by atoms with van der Waals surface area (Å²) in [7, 11) is -3.55. The van der Waals surface area contributed by atoms with Crippen molar-refractivity contribution in [3.63, 3.8) is 0 Å². The van der Waals surface area contributed by atoms with Crippen molar-refractivity contribution >= 4 is 49.2 Å². The highest BCUT2D eigenvalue weighted by molar-refractivity contribution is 9.09. The van der Waals surface area contributed by atoms with Crippen molar-refractivity contribution in [1.29, 1.82) is 0 Å². The number of hydrogen-bond acceptors (Lipinski definition) is 2. The second-order valence-electron chi connectivity index (χ2n) is 3.78. The van der Waals surface area contributed by atoms with E-state index < -0.39 is 10.0 Å². The Morgan fingerprint density at radius 2 is 2.00 bits per heavy atom. The molecule has 1 unspecified atom stereocenters. The van der Waals surface area contributed by atoms with Gasteiger partial charge in [0, 0.05) is 11.4 Å². The van der Waals surface area contributed by atoms with Crippen LogP contribution in [-0.4, -0.2) is 19.8 Å². The molecule has 1 rings (SSSR count). The van der Waals surface area contributed by atoms with Crippen LogP contribution in [0.25, 0.3) is 0 Å². The monoisotopic (exact) mass is 373 g/mol. The van der Waals surface area contributed by atoms with Crippen LogP contribution in [0, 0.1) is 0 Å². The van der Waals surface area contributed by atoms with Crippen LogP contribution in [-0.2, 0) is 10.0 Å². The maximum Gasteiger partial charge on any atom is 0.240 e. The Morgan fingerprint density at radius 3 is 2.50 bits per heavy atom. The minimum Gasteiger partial charge on any atom is -0.208 e. The van der Waals surface area contributed by atoms with Gasteiger partial charge in [0.15, 0.2) is 0 Å². The molecule has 3 nitrogen and oxygen atoms in total. The standard InChI is InChI=1S/C11H14BrCl2NO2S/c1-2-8(5-6-12)15-18(16,17)9-3-4-10(13)11(14)7-9/h3-4,7-8,15H,2,5-6H2,1H3. The van der Waals surface area contributed by atoms with Crippen LogP contribution in [0.15, 0.2) is 23.1 Å². The van der Waals surface area contributed by atoms with Crippen LogP contribution in [0.2, 0.25) is 10.0 Å². The summed E-state index contributed by atoms with van der Waals surface area (Å²) in [6.07, 6.45) is 1.46. The number of benzene rings is 1. The molecule has 0 saturated heterocycles. The minimum atomic E-state index is -3.55. The van der Waals surface area contributed by atoms with Crippen molar-refractivity contribution in [1.82, 2.24) is 4.72 Å². The number of halogens is 3. The molecule has 0 aliphatic carbocycles. The van der Waals surface area contributed by atoms with Gasteiger partial charge < -0.3 is 0 Å². The van der Waals surface area contributed by atoms with Crippen molar-refractivity contribution in [2.75, 3.05) is 5.33 Å². The van der Waals surface area contributed by atoms with Crippen molar-refractivity contribution in [2.45, 2.75) is 30.7 Å². The van der Waals surface area contributed by atoms with E-state index in [4.69, 9.17) is 23.2 Å². The average molecular weight is 375 g/mol. The molecular weight excluding hydrogens is 361 g/mol. The summed E-state index contributed by atoms with van der Waals surface area (Å²) in [6, 6.07) is 4.18. The SMILES string of the molecule is CCC(CCBr)NS(=O)(=O)c1ccc(Cl)c(Cl)c1. The first-order valence-corrected chi connectivity index (χ1v) is 8.80. The van der Waals surface area contributed by atoms with E-state index >= 15 is 0 Å². The molecule has 0 bridgehead atoms. The van der Waals surface area contributed by atoms with Crippen LogP contribution in [0.4, 0.5) is 0 Å². The minimum absolute atomic E-state index is 0.0937. The first kappa shape index (κ1) is 16.2. The second kappa shape index (κ2) is 7.10. The van der Waals surface area contributed by atoms with Crippen molar-refractivity contribution in [3.05, 3.63) is 28.2 Å². The van der Waals surface area contributed by atoms with Crippen molar-refractivity contribution < 1.29 is 8.42 Å². The Morgan fingerprint density at radius 1 is 1.33 bits per heavy atom. The van der Waals surface area contributed by atoms with Gasteiger partial charge in [0.2, 0.25) is 10.0 Å². The van der Waals surface area contributed by atoms with E-state index in [1.807, 2.05) is 6.92 Å². The highest BCUT2D eigenvalue weighted by Gasteiger charge is 2.19. The van der Waals surface area contributed by atoms with Crippen molar-refractivity contribution in [2.24, 2.45) is 0 Å². The van der Waals surface area contributed by atoms with Gasteiger partial charge in [0.25, 0.3) is 0 Å². The lowest BCUT2D eigenvalue weighted by atomic mass is 10.2. The van der Waals surface area contributed by atoms with Gasteiger partial charge >= 0.3 is 0 Å². The van der Waals surface area contributed by atoms with Gasteiger partial charge in [0.05, 0.1) is 14.9 Å². The zero-order chi connectivity index (χ0) is 13.8. The number of hydrogen-bond donors (Lipinski definition) is 1. The number of alkyl halides is 1. The first-order valence-electron chi connectivity index (χ1n) is 5.44. The molecule has 1 N–H and O–H groups in total. The fourth-order valence-corrected chi connectivity index (χ4v) is 3.70. The van der Waals surface area contributed by atoms with E-state index in [2.05, 4.69) is 20.7 Å². The normalized spacial score (nSPS) is 13.6. The predicted octanol–water partition coefficient (Wildman–Crippen LogP) is 3.84. The highest BCUT2D eigenvalue weighted by Crippen LogP contribution is 2.25. The average Bonchev–Trinajstić information content (AvgIpc) is 2.31. The third-order valence-electron chi connectivity index (χ3n) is 2.47. The summed E-state index contributed by atoms with van der Waals surface area (Å²) in [5, 5.41) is 1.31. The van der Waals surface area contributed by atoms with E-state index in [1.165, 1.54) is 18.2 Å². The molecule has 0 heterocycles. The molecule has 0 fully saturated rings. The third-order valence-corrected chi connectivity index (χ3v) is 5.19. The molecule has 1 atom stereocenters. The van der Waals surface area contributed by atoms with E-state index in [0.717, 1.165) is 18.2 Å². The van der Waals surface area contributed by atoms with Gasteiger partial charge in [-0.2, -0.15) is 0 Å². The van der Waals surface area contributed by atoms with Gasteiger partial charge in [-0.15, -0.1) is 0 Å². The molecular formula is C11H14BrCl2NO2S. The first-order chi connectivity index (χ1) is 8.40. The maximum atomic E-state index is 12.1. The molecule has 0 aliphatic rings. The molecule has 0 saturated carbocycles. The fraction of sp³-hybridized carbons (Fsp3) is 0.455. The fourth-order valence-electron chi connectivity index (χ4n) is 1.41. The van der Waals surface area contributed by atoms with Gasteiger partial charge in [0.1, 0.15) is 0 Å². The molecule has 7 heteroatoms. The molecule has 1 aromatic carbocycles. The third kappa shape index (κ3) is 4.38. The van der Waals surface area contributed by atoms with E-state index in [0.29, 0.717) is 5.02 Å². The quantitative estimate of drug-likeness (QED) is 0.769. The molecule has 1 aromatic rings. The second-order valence-corrected chi connectivity index (χ2v) is 7.10. The summed E-state index contributed by atoms with van der Waals surface area (Å²) in [4.78, 5) is 0.130. The van der Waals surface area contributed by atoms with Crippen LogP contribution >= 0.6 is 39.1 Å². The van der Waals surface area contributed by atoms with Gasteiger partial charge in [-0.25, -0.2) is 13.1 Å². The summed E-state index contributed by atoms with van der Waals surface area (Å²) in [5.74, 6) is 0. The highest BCUT2D eigenvalue weighted by atomic mass is 79.9. The van der Waals surface area contributed by atoms with E-state index in [1.54, 1.807) is 0 Å². The molecule has 0 radical (unpaired) electrons. The molecule has 0 aliphatic heterocycles. The number of nitrogens with one attached hydrogen (secondary N) is 1. The molecule has 0 aromatic heterocycles. The van der Waals surface area contributed by atoms with Gasteiger partial charge in [-0.05, 0) is 31.0 Å². The lowest BCUT2D eigenvalue weighted by Gasteiger charge is -2.16. The Hall–Kier alpha value is 0.190. The summed E-state index contributed by atoms with van der Waals surface area (Å²) < 4.78 is 26.9. The lowest BCUT2D eigenvalue weighted by molar-refractivity contribution is 0.533. The molecule has 102 valence electrons. The zero-order valence-electron chi connectivity index (χ0n) is 9.79. The predicted molar refractivity (Wildman–Crippen MR) is 79.3 cm³/mol. The molecule has 0 amide bonds. The van der Waals surface area contributed by atoms with Crippen LogP contribution in [0.1, 0.15) is 19.8 Å². The Labute approximate surface area is 126 Å².